The van der Waals surface area contributed by atoms with Crippen LogP contribution in [-0.2, 0) is 14.3 Å². The molecule has 0 spiro atoms. The Morgan fingerprint density at radius 1 is 1.17 bits per heavy atom. The lowest BCUT2D eigenvalue weighted by Crippen LogP contribution is -2.28. The Morgan fingerprint density at radius 2 is 1.91 bits per heavy atom. The second-order valence-electron chi connectivity index (χ2n) is 7.92. The van der Waals surface area contributed by atoms with E-state index in [1.54, 1.807) is 47.8 Å². The number of rotatable bonds is 6. The molecule has 4 aromatic rings. The highest BCUT2D eigenvalue weighted by Gasteiger charge is 2.35. The molecule has 1 fully saturated rings. The van der Waals surface area contributed by atoms with E-state index >= 15 is 0 Å². The first-order valence-corrected chi connectivity index (χ1v) is 11.8. The number of nitrogens with zero attached hydrogens (tertiary/aromatic N) is 4. The standard InChI is InChI=1S/C24H20FN5O4S/c1-2-34-22(33)15-5-9-18(10-6-15)29-12-16(11-20(29)31)21(32)26-23-27-24-30(28-23)19(13-35-24)14-3-7-17(25)8-4-14/h3-10,13,16H,2,11-12H2,1H3,(H,26,28,32). The molecule has 3 heterocycles. The fraction of sp³-hybridized carbons (Fsp3) is 0.208. The van der Waals surface area contributed by atoms with Crippen LogP contribution in [0.4, 0.5) is 16.0 Å². The van der Waals surface area contributed by atoms with Crippen molar-refractivity contribution in [1.29, 1.82) is 0 Å². The summed E-state index contributed by atoms with van der Waals surface area (Å²) in [6, 6.07) is 12.5. The lowest BCUT2D eigenvalue weighted by Gasteiger charge is -2.16. The summed E-state index contributed by atoms with van der Waals surface area (Å²) in [5, 5.41) is 8.93. The summed E-state index contributed by atoms with van der Waals surface area (Å²) >= 11 is 1.35. The molecule has 0 radical (unpaired) electrons. The Labute approximate surface area is 203 Å². The van der Waals surface area contributed by atoms with Crippen molar-refractivity contribution in [2.45, 2.75) is 13.3 Å². The normalized spacial score (nSPS) is 15.5. The Morgan fingerprint density at radius 3 is 2.63 bits per heavy atom. The van der Waals surface area contributed by atoms with Gasteiger partial charge < -0.3 is 9.64 Å². The molecule has 0 bridgehead atoms. The van der Waals surface area contributed by atoms with Crippen LogP contribution in [-0.4, -0.2) is 45.5 Å². The molecular weight excluding hydrogens is 473 g/mol. The van der Waals surface area contributed by atoms with Crippen molar-refractivity contribution in [3.8, 4) is 11.3 Å². The molecule has 0 aliphatic carbocycles. The monoisotopic (exact) mass is 493 g/mol. The first-order chi connectivity index (χ1) is 16.9. The van der Waals surface area contributed by atoms with E-state index in [0.717, 1.165) is 11.3 Å². The van der Waals surface area contributed by atoms with Crippen LogP contribution in [0.3, 0.4) is 0 Å². The number of amides is 2. The molecule has 9 nitrogen and oxygen atoms in total. The molecule has 178 valence electrons. The van der Waals surface area contributed by atoms with Crippen LogP contribution in [0.2, 0.25) is 0 Å². The van der Waals surface area contributed by atoms with Crippen LogP contribution < -0.4 is 10.2 Å². The van der Waals surface area contributed by atoms with Crippen molar-refractivity contribution in [2.24, 2.45) is 5.92 Å². The predicted molar refractivity (Wildman–Crippen MR) is 128 cm³/mol. The molecule has 2 aromatic heterocycles. The molecule has 1 atom stereocenters. The van der Waals surface area contributed by atoms with Gasteiger partial charge in [-0.05, 0) is 55.5 Å². The highest BCUT2D eigenvalue weighted by molar-refractivity contribution is 7.15. The zero-order valence-electron chi connectivity index (χ0n) is 18.6. The van der Waals surface area contributed by atoms with E-state index in [0.29, 0.717) is 16.2 Å². The molecule has 1 saturated heterocycles. The van der Waals surface area contributed by atoms with E-state index < -0.39 is 11.9 Å². The number of esters is 1. The summed E-state index contributed by atoms with van der Waals surface area (Å²) in [6.45, 7) is 2.21. The fourth-order valence-electron chi connectivity index (χ4n) is 3.89. The smallest absolute Gasteiger partial charge is 0.338 e. The highest BCUT2D eigenvalue weighted by atomic mass is 32.1. The molecular formula is C24H20FN5O4S. The molecule has 11 heteroatoms. The minimum absolute atomic E-state index is 0.0501. The van der Waals surface area contributed by atoms with Crippen LogP contribution in [0, 0.1) is 11.7 Å². The van der Waals surface area contributed by atoms with Crippen LogP contribution in [0.25, 0.3) is 16.2 Å². The van der Waals surface area contributed by atoms with Gasteiger partial charge >= 0.3 is 5.97 Å². The molecule has 2 aromatic carbocycles. The maximum atomic E-state index is 13.3. The van der Waals surface area contributed by atoms with Crippen molar-refractivity contribution in [3.63, 3.8) is 0 Å². The van der Waals surface area contributed by atoms with Gasteiger partial charge in [-0.1, -0.05) is 0 Å². The minimum Gasteiger partial charge on any atom is -0.462 e. The van der Waals surface area contributed by atoms with Gasteiger partial charge in [0.2, 0.25) is 22.7 Å². The zero-order valence-corrected chi connectivity index (χ0v) is 19.4. The SMILES string of the molecule is CCOC(=O)c1ccc(N2CC(C(=O)Nc3nc4scc(-c5ccc(F)cc5)n4n3)CC2=O)cc1. The van der Waals surface area contributed by atoms with Gasteiger partial charge in [0.1, 0.15) is 5.82 Å². The topological polar surface area (TPSA) is 106 Å². The van der Waals surface area contributed by atoms with E-state index in [4.69, 9.17) is 4.74 Å². The Bertz CT molecular complexity index is 1410. The number of halogens is 1. The molecule has 1 N–H and O–H groups in total. The number of anilines is 2. The van der Waals surface area contributed by atoms with Gasteiger partial charge in [-0.25, -0.2) is 13.7 Å². The number of carbonyl (C=O) groups excluding carboxylic acids is 3. The van der Waals surface area contributed by atoms with Gasteiger partial charge in [0.15, 0.2) is 0 Å². The summed E-state index contributed by atoms with van der Waals surface area (Å²) in [5.74, 6) is -1.75. The van der Waals surface area contributed by atoms with Gasteiger partial charge in [0.05, 0.1) is 23.8 Å². The average molecular weight is 494 g/mol. The fourth-order valence-corrected chi connectivity index (χ4v) is 4.72. The second kappa shape index (κ2) is 9.26. The Balaban J connectivity index is 1.27. The van der Waals surface area contributed by atoms with Crippen molar-refractivity contribution in [3.05, 3.63) is 65.3 Å². The molecule has 5 rings (SSSR count). The lowest BCUT2D eigenvalue weighted by atomic mass is 10.1. The second-order valence-corrected chi connectivity index (χ2v) is 8.76. The summed E-state index contributed by atoms with van der Waals surface area (Å²) in [5.41, 5.74) is 2.49. The van der Waals surface area contributed by atoms with Crippen LogP contribution in [0.5, 0.6) is 0 Å². The number of nitrogens with one attached hydrogen (secondary N) is 1. The summed E-state index contributed by atoms with van der Waals surface area (Å²) in [7, 11) is 0. The third kappa shape index (κ3) is 4.50. The van der Waals surface area contributed by atoms with E-state index in [9.17, 15) is 18.8 Å². The van der Waals surface area contributed by atoms with E-state index in [-0.39, 0.29) is 43.2 Å². The van der Waals surface area contributed by atoms with Gasteiger partial charge in [-0.2, -0.15) is 4.98 Å². The van der Waals surface area contributed by atoms with Crippen molar-refractivity contribution < 1.29 is 23.5 Å². The number of carbonyl (C=O) groups is 3. The molecule has 1 unspecified atom stereocenters. The number of hydrogen-bond acceptors (Lipinski definition) is 7. The Kier molecular flexibility index (Phi) is 6.00. The lowest BCUT2D eigenvalue weighted by molar-refractivity contribution is -0.122. The van der Waals surface area contributed by atoms with E-state index in [1.807, 2.05) is 5.38 Å². The number of hydrogen-bond donors (Lipinski definition) is 1. The number of aromatic nitrogens is 3. The average Bonchev–Trinajstić information content (AvgIpc) is 3.54. The predicted octanol–water partition coefficient (Wildman–Crippen LogP) is 3.77. The Hall–Kier alpha value is -4.12. The van der Waals surface area contributed by atoms with Gasteiger partial charge in [-0.3, -0.25) is 14.9 Å². The van der Waals surface area contributed by atoms with Crippen LogP contribution >= 0.6 is 11.3 Å². The van der Waals surface area contributed by atoms with Crippen LogP contribution in [0.1, 0.15) is 23.7 Å². The molecule has 35 heavy (non-hydrogen) atoms. The summed E-state index contributed by atoms with van der Waals surface area (Å²) < 4.78 is 19.8. The van der Waals surface area contributed by atoms with Crippen LogP contribution in [0.15, 0.2) is 53.9 Å². The molecule has 0 saturated carbocycles. The van der Waals surface area contributed by atoms with E-state index in [2.05, 4.69) is 15.4 Å². The summed E-state index contributed by atoms with van der Waals surface area (Å²) in [6.07, 6.45) is 0.0501. The molecule has 1 aliphatic rings. The number of benzene rings is 2. The first-order valence-electron chi connectivity index (χ1n) is 10.9. The number of ether oxygens (including phenoxy) is 1. The first kappa shape index (κ1) is 22.7. The quantitative estimate of drug-likeness (QED) is 0.410. The maximum absolute atomic E-state index is 13.3. The van der Waals surface area contributed by atoms with Gasteiger partial charge in [-0.15, -0.1) is 16.4 Å². The minimum atomic E-state index is -0.578. The third-order valence-corrected chi connectivity index (χ3v) is 6.46. The van der Waals surface area contributed by atoms with Crippen molar-refractivity contribution in [2.75, 3.05) is 23.4 Å². The van der Waals surface area contributed by atoms with Gasteiger partial charge in [0.25, 0.3) is 0 Å². The highest BCUT2D eigenvalue weighted by Crippen LogP contribution is 2.28. The van der Waals surface area contributed by atoms with Crippen molar-refractivity contribution >= 4 is 45.7 Å². The maximum Gasteiger partial charge on any atom is 0.338 e. The molecule has 1 aliphatic heterocycles. The zero-order chi connectivity index (χ0) is 24.5. The number of fused-ring (bicyclic) bond motifs is 1. The summed E-state index contributed by atoms with van der Waals surface area (Å²) in [4.78, 5) is 43.7. The van der Waals surface area contributed by atoms with Gasteiger partial charge in [0, 0.05) is 29.6 Å². The number of thiazole rings is 1. The molecule has 2 amide bonds. The van der Waals surface area contributed by atoms with Crippen molar-refractivity contribution in [1.82, 2.24) is 14.6 Å². The van der Waals surface area contributed by atoms with E-state index in [1.165, 1.54) is 28.4 Å². The third-order valence-electron chi connectivity index (χ3n) is 5.64. The largest absolute Gasteiger partial charge is 0.462 e.